The van der Waals surface area contributed by atoms with E-state index in [4.69, 9.17) is 0 Å². The number of anilines is 1. The van der Waals surface area contributed by atoms with E-state index in [9.17, 15) is 0 Å². The van der Waals surface area contributed by atoms with Crippen molar-refractivity contribution in [3.05, 3.63) is 29.8 Å². The SMILES string of the molecule is CCCN1CCN(c2ccccc2CNC(C)C)CC1. The smallest absolute Gasteiger partial charge is 0.0412 e. The predicted octanol–water partition coefficient (Wildman–Crippen LogP) is 2.72. The normalized spacial score (nSPS) is 16.9. The molecule has 0 unspecified atom stereocenters. The minimum Gasteiger partial charge on any atom is -0.369 e. The molecule has 0 aliphatic carbocycles. The van der Waals surface area contributed by atoms with Gasteiger partial charge in [0.1, 0.15) is 0 Å². The Morgan fingerprint density at radius 2 is 1.80 bits per heavy atom. The molecule has 1 aliphatic rings. The van der Waals surface area contributed by atoms with Gasteiger partial charge in [-0.25, -0.2) is 0 Å². The zero-order valence-electron chi connectivity index (χ0n) is 13.2. The third-order valence-corrected chi connectivity index (χ3v) is 3.95. The van der Waals surface area contributed by atoms with Crippen LogP contribution >= 0.6 is 0 Å². The van der Waals surface area contributed by atoms with Gasteiger partial charge in [0.25, 0.3) is 0 Å². The molecule has 1 heterocycles. The third-order valence-electron chi connectivity index (χ3n) is 3.95. The van der Waals surface area contributed by atoms with E-state index in [-0.39, 0.29) is 0 Å². The van der Waals surface area contributed by atoms with Crippen molar-refractivity contribution in [1.29, 1.82) is 0 Å². The first kappa shape index (κ1) is 15.3. The molecule has 1 aromatic rings. The number of hydrogen-bond donors (Lipinski definition) is 1. The summed E-state index contributed by atoms with van der Waals surface area (Å²) in [5, 5.41) is 3.53. The monoisotopic (exact) mass is 275 g/mol. The highest BCUT2D eigenvalue weighted by molar-refractivity contribution is 5.54. The summed E-state index contributed by atoms with van der Waals surface area (Å²) < 4.78 is 0. The summed E-state index contributed by atoms with van der Waals surface area (Å²) in [4.78, 5) is 5.12. The van der Waals surface area contributed by atoms with Gasteiger partial charge in [-0.05, 0) is 24.6 Å². The van der Waals surface area contributed by atoms with Crippen molar-refractivity contribution in [1.82, 2.24) is 10.2 Å². The summed E-state index contributed by atoms with van der Waals surface area (Å²) >= 11 is 0. The molecule has 1 N–H and O–H groups in total. The molecule has 20 heavy (non-hydrogen) atoms. The molecule has 112 valence electrons. The lowest BCUT2D eigenvalue weighted by Crippen LogP contribution is -2.47. The van der Waals surface area contributed by atoms with Crippen LogP contribution in [0.3, 0.4) is 0 Å². The molecule has 1 aliphatic heterocycles. The van der Waals surface area contributed by atoms with Gasteiger partial charge in [0.2, 0.25) is 0 Å². The van der Waals surface area contributed by atoms with Crippen LogP contribution in [0.25, 0.3) is 0 Å². The second-order valence-corrected chi connectivity index (χ2v) is 5.99. The van der Waals surface area contributed by atoms with E-state index in [1.165, 1.54) is 37.3 Å². The van der Waals surface area contributed by atoms with Crippen molar-refractivity contribution in [2.75, 3.05) is 37.6 Å². The number of para-hydroxylation sites is 1. The maximum atomic E-state index is 3.53. The Kier molecular flexibility index (Phi) is 5.86. The molecular formula is C17H29N3. The van der Waals surface area contributed by atoms with Crippen molar-refractivity contribution >= 4 is 5.69 Å². The molecule has 0 spiro atoms. The largest absolute Gasteiger partial charge is 0.369 e. The molecule has 1 saturated heterocycles. The highest BCUT2D eigenvalue weighted by Crippen LogP contribution is 2.22. The fraction of sp³-hybridized carbons (Fsp3) is 0.647. The zero-order valence-corrected chi connectivity index (χ0v) is 13.2. The van der Waals surface area contributed by atoms with Crippen molar-refractivity contribution < 1.29 is 0 Å². The second kappa shape index (κ2) is 7.65. The van der Waals surface area contributed by atoms with E-state index >= 15 is 0 Å². The van der Waals surface area contributed by atoms with Crippen molar-refractivity contribution in [3.63, 3.8) is 0 Å². The Hall–Kier alpha value is -1.06. The van der Waals surface area contributed by atoms with Gasteiger partial charge < -0.3 is 10.2 Å². The fourth-order valence-corrected chi connectivity index (χ4v) is 2.81. The van der Waals surface area contributed by atoms with Gasteiger partial charge in [-0.15, -0.1) is 0 Å². The molecule has 1 fully saturated rings. The summed E-state index contributed by atoms with van der Waals surface area (Å²) in [5.74, 6) is 0. The standard InChI is InChI=1S/C17H29N3/c1-4-9-19-10-12-20(13-11-19)17-8-6-5-7-16(17)14-18-15(2)3/h5-8,15,18H,4,9-14H2,1-3H3. The Morgan fingerprint density at radius 3 is 2.45 bits per heavy atom. The van der Waals surface area contributed by atoms with E-state index in [0.717, 1.165) is 19.6 Å². The summed E-state index contributed by atoms with van der Waals surface area (Å²) in [6.45, 7) is 13.6. The Bertz CT molecular complexity index is 395. The Balaban J connectivity index is 1.98. The molecular weight excluding hydrogens is 246 g/mol. The van der Waals surface area contributed by atoms with Crippen LogP contribution < -0.4 is 10.2 Å². The predicted molar refractivity (Wildman–Crippen MR) is 87.4 cm³/mol. The minimum atomic E-state index is 0.532. The van der Waals surface area contributed by atoms with E-state index in [1.807, 2.05) is 0 Å². The topological polar surface area (TPSA) is 18.5 Å². The van der Waals surface area contributed by atoms with Crippen molar-refractivity contribution in [2.45, 2.75) is 39.8 Å². The molecule has 0 radical (unpaired) electrons. The van der Waals surface area contributed by atoms with Crippen molar-refractivity contribution in [2.24, 2.45) is 0 Å². The molecule has 0 bridgehead atoms. The molecule has 0 atom stereocenters. The Labute approximate surface area is 124 Å². The van der Waals surface area contributed by atoms with Crippen LogP contribution in [0, 0.1) is 0 Å². The van der Waals surface area contributed by atoms with Crippen LogP contribution in [-0.2, 0) is 6.54 Å². The van der Waals surface area contributed by atoms with E-state index in [1.54, 1.807) is 0 Å². The molecule has 3 heteroatoms. The number of piperazine rings is 1. The average molecular weight is 275 g/mol. The molecule has 3 nitrogen and oxygen atoms in total. The van der Waals surface area contributed by atoms with Crippen LogP contribution in [-0.4, -0.2) is 43.7 Å². The first-order valence-electron chi connectivity index (χ1n) is 7.99. The number of hydrogen-bond acceptors (Lipinski definition) is 3. The molecule has 0 saturated carbocycles. The van der Waals surface area contributed by atoms with Crippen LogP contribution in [0.5, 0.6) is 0 Å². The summed E-state index contributed by atoms with van der Waals surface area (Å²) in [6, 6.07) is 9.36. The lowest BCUT2D eigenvalue weighted by atomic mass is 10.1. The molecule has 1 aromatic carbocycles. The van der Waals surface area contributed by atoms with Gasteiger partial charge >= 0.3 is 0 Å². The van der Waals surface area contributed by atoms with Crippen LogP contribution in [0.4, 0.5) is 5.69 Å². The lowest BCUT2D eigenvalue weighted by molar-refractivity contribution is 0.258. The minimum absolute atomic E-state index is 0.532. The van der Waals surface area contributed by atoms with Crippen LogP contribution in [0.1, 0.15) is 32.8 Å². The first-order valence-corrected chi connectivity index (χ1v) is 7.99. The van der Waals surface area contributed by atoms with Crippen molar-refractivity contribution in [3.8, 4) is 0 Å². The number of nitrogens with zero attached hydrogens (tertiary/aromatic N) is 2. The van der Waals surface area contributed by atoms with Crippen LogP contribution in [0.2, 0.25) is 0 Å². The molecule has 2 rings (SSSR count). The van der Waals surface area contributed by atoms with E-state index < -0.39 is 0 Å². The number of nitrogens with one attached hydrogen (secondary N) is 1. The molecule has 0 aromatic heterocycles. The summed E-state index contributed by atoms with van der Waals surface area (Å²) in [7, 11) is 0. The van der Waals surface area contributed by atoms with Gasteiger partial charge in [0.15, 0.2) is 0 Å². The van der Waals surface area contributed by atoms with E-state index in [0.29, 0.717) is 6.04 Å². The zero-order chi connectivity index (χ0) is 14.4. The summed E-state index contributed by atoms with van der Waals surface area (Å²) in [5.41, 5.74) is 2.84. The maximum Gasteiger partial charge on any atom is 0.0412 e. The molecule has 0 amide bonds. The first-order chi connectivity index (χ1) is 9.70. The fourth-order valence-electron chi connectivity index (χ4n) is 2.81. The van der Waals surface area contributed by atoms with Gasteiger partial charge in [0, 0.05) is 44.5 Å². The van der Waals surface area contributed by atoms with Crippen LogP contribution in [0.15, 0.2) is 24.3 Å². The highest BCUT2D eigenvalue weighted by atomic mass is 15.3. The van der Waals surface area contributed by atoms with E-state index in [2.05, 4.69) is 60.2 Å². The third kappa shape index (κ3) is 4.22. The second-order valence-electron chi connectivity index (χ2n) is 5.99. The Morgan fingerprint density at radius 1 is 1.10 bits per heavy atom. The van der Waals surface area contributed by atoms with Gasteiger partial charge in [-0.1, -0.05) is 39.0 Å². The van der Waals surface area contributed by atoms with Gasteiger partial charge in [0.05, 0.1) is 0 Å². The maximum absolute atomic E-state index is 3.53. The number of benzene rings is 1. The average Bonchev–Trinajstić information content (AvgIpc) is 2.47. The number of rotatable bonds is 6. The summed E-state index contributed by atoms with van der Waals surface area (Å²) in [6.07, 6.45) is 1.26. The lowest BCUT2D eigenvalue weighted by Gasteiger charge is -2.37. The quantitative estimate of drug-likeness (QED) is 0.861. The highest BCUT2D eigenvalue weighted by Gasteiger charge is 2.18. The van der Waals surface area contributed by atoms with Gasteiger partial charge in [-0.2, -0.15) is 0 Å². The van der Waals surface area contributed by atoms with Gasteiger partial charge in [-0.3, -0.25) is 4.90 Å².